The molecule has 0 radical (unpaired) electrons. The number of ketones is 1. The van der Waals surface area contributed by atoms with Crippen LogP contribution in [-0.4, -0.2) is 45.7 Å². The molecule has 1 rings (SSSR count). The molecule has 7 nitrogen and oxygen atoms in total. The Balaban J connectivity index is 3.66. The number of Topliss-reactive ketones (excluding diaryl/α,β-unsaturated/α-hetero) is 1. The minimum Gasteiger partial charge on any atom is -0.493 e. The average Bonchev–Trinajstić information content (AvgIpc) is 2.53. The third-order valence-corrected chi connectivity index (χ3v) is 3.21. The van der Waals surface area contributed by atoms with Crippen LogP contribution in [-0.2, 0) is 19.1 Å². The van der Waals surface area contributed by atoms with E-state index in [1.807, 2.05) is 0 Å². The zero-order valence-electron chi connectivity index (χ0n) is 13.8. The number of carbonyl (C=O) groups excluding carboxylic acids is 3. The molecule has 0 heterocycles. The van der Waals surface area contributed by atoms with E-state index in [-0.39, 0.29) is 29.2 Å². The lowest BCUT2D eigenvalue weighted by Crippen LogP contribution is -2.24. The van der Waals surface area contributed by atoms with E-state index < -0.39 is 23.6 Å². The van der Waals surface area contributed by atoms with Crippen molar-refractivity contribution in [3.63, 3.8) is 0 Å². The van der Waals surface area contributed by atoms with Crippen LogP contribution < -0.4 is 9.47 Å². The smallest absolute Gasteiger partial charge is 0.342 e. The van der Waals surface area contributed by atoms with E-state index in [0.717, 1.165) is 0 Å². The molecule has 1 atom stereocenters. The minimum atomic E-state index is -1.25. The van der Waals surface area contributed by atoms with Crippen molar-refractivity contribution in [3.05, 3.63) is 23.3 Å². The van der Waals surface area contributed by atoms with Crippen LogP contribution in [0.2, 0.25) is 0 Å². The molecule has 0 aliphatic rings. The third-order valence-electron chi connectivity index (χ3n) is 3.21. The van der Waals surface area contributed by atoms with Crippen molar-refractivity contribution >= 4 is 17.7 Å². The lowest BCUT2D eigenvalue weighted by Gasteiger charge is -2.19. The highest BCUT2D eigenvalue weighted by molar-refractivity contribution is 6.07. The molecule has 0 bridgehead atoms. The lowest BCUT2D eigenvalue weighted by atomic mass is 9.90. The van der Waals surface area contributed by atoms with E-state index in [2.05, 4.69) is 4.74 Å². The zero-order valence-corrected chi connectivity index (χ0v) is 13.8. The van der Waals surface area contributed by atoms with Crippen molar-refractivity contribution in [1.82, 2.24) is 0 Å². The highest BCUT2D eigenvalue weighted by Gasteiger charge is 2.34. The summed E-state index contributed by atoms with van der Waals surface area (Å²) in [4.78, 5) is 36.2. The van der Waals surface area contributed by atoms with Crippen molar-refractivity contribution in [3.8, 4) is 11.5 Å². The Kier molecular flexibility index (Phi) is 6.56. The maximum absolute atomic E-state index is 12.3. The second-order valence-corrected chi connectivity index (χ2v) is 4.55. The summed E-state index contributed by atoms with van der Waals surface area (Å²) in [7, 11) is 3.93. The van der Waals surface area contributed by atoms with E-state index in [4.69, 9.17) is 14.2 Å². The SMILES string of the molecule is CCOC(=O)c1c(C(C(C)=O)C(=O)OC)ccc(OC)c1OC. The molecule has 126 valence electrons. The van der Waals surface area contributed by atoms with Crippen molar-refractivity contribution in [2.24, 2.45) is 0 Å². The summed E-state index contributed by atoms with van der Waals surface area (Å²) in [6.45, 7) is 3.02. The Labute approximate surface area is 134 Å². The summed E-state index contributed by atoms with van der Waals surface area (Å²) in [6, 6.07) is 2.96. The van der Waals surface area contributed by atoms with Crippen LogP contribution in [0.4, 0.5) is 0 Å². The van der Waals surface area contributed by atoms with Crippen molar-refractivity contribution in [2.75, 3.05) is 27.9 Å². The maximum Gasteiger partial charge on any atom is 0.342 e. The predicted molar refractivity (Wildman–Crippen MR) is 80.9 cm³/mol. The quantitative estimate of drug-likeness (QED) is 0.557. The van der Waals surface area contributed by atoms with Crippen LogP contribution >= 0.6 is 0 Å². The maximum atomic E-state index is 12.3. The molecule has 0 aromatic heterocycles. The largest absolute Gasteiger partial charge is 0.493 e. The first-order chi connectivity index (χ1) is 10.9. The molecule has 1 unspecified atom stereocenters. The highest BCUT2D eigenvalue weighted by atomic mass is 16.5. The molecular weight excluding hydrogens is 304 g/mol. The zero-order chi connectivity index (χ0) is 17.6. The molecule has 0 aliphatic carbocycles. The van der Waals surface area contributed by atoms with Gasteiger partial charge in [-0.2, -0.15) is 0 Å². The second-order valence-electron chi connectivity index (χ2n) is 4.55. The van der Waals surface area contributed by atoms with Crippen molar-refractivity contribution in [1.29, 1.82) is 0 Å². The van der Waals surface area contributed by atoms with Crippen LogP contribution in [0.3, 0.4) is 0 Å². The minimum absolute atomic E-state index is 0.0284. The molecule has 23 heavy (non-hydrogen) atoms. The fourth-order valence-electron chi connectivity index (χ4n) is 2.23. The van der Waals surface area contributed by atoms with Crippen molar-refractivity contribution < 1.29 is 33.3 Å². The number of methoxy groups -OCH3 is 3. The number of ether oxygens (including phenoxy) is 4. The van der Waals surface area contributed by atoms with Gasteiger partial charge in [0.25, 0.3) is 0 Å². The Hall–Kier alpha value is -2.57. The highest BCUT2D eigenvalue weighted by Crippen LogP contribution is 2.37. The first kappa shape index (κ1) is 18.5. The number of hydrogen-bond acceptors (Lipinski definition) is 7. The van der Waals surface area contributed by atoms with E-state index in [9.17, 15) is 14.4 Å². The number of carbonyl (C=O) groups is 3. The molecule has 0 fully saturated rings. The fourth-order valence-corrected chi connectivity index (χ4v) is 2.23. The van der Waals surface area contributed by atoms with Crippen LogP contribution in [0.5, 0.6) is 11.5 Å². The molecule has 1 aromatic carbocycles. The standard InChI is InChI=1S/C16H20O7/c1-6-23-16(19)13-10(12(9(2)17)15(18)22-5)7-8-11(20-3)14(13)21-4/h7-8,12H,6H2,1-5H3. The molecular formula is C16H20O7. The molecule has 1 aromatic rings. The Morgan fingerprint density at radius 3 is 2.17 bits per heavy atom. The molecule has 0 aliphatic heterocycles. The molecule has 0 saturated heterocycles. The predicted octanol–water partition coefficient (Wildman–Crippen LogP) is 1.73. The lowest BCUT2D eigenvalue weighted by molar-refractivity contribution is -0.145. The molecule has 0 N–H and O–H groups in total. The van der Waals surface area contributed by atoms with E-state index in [1.54, 1.807) is 6.92 Å². The second kappa shape index (κ2) is 8.17. The number of esters is 2. The normalized spacial score (nSPS) is 11.3. The van der Waals surface area contributed by atoms with Gasteiger partial charge >= 0.3 is 11.9 Å². The molecule has 0 saturated carbocycles. The van der Waals surface area contributed by atoms with E-state index in [1.165, 1.54) is 40.4 Å². The van der Waals surface area contributed by atoms with Gasteiger partial charge in [-0.15, -0.1) is 0 Å². The van der Waals surface area contributed by atoms with Gasteiger partial charge in [0.1, 0.15) is 17.3 Å². The van der Waals surface area contributed by atoms with Crippen LogP contribution in [0, 0.1) is 0 Å². The Morgan fingerprint density at radius 1 is 1.09 bits per heavy atom. The van der Waals surface area contributed by atoms with Gasteiger partial charge in [0.2, 0.25) is 0 Å². The van der Waals surface area contributed by atoms with Gasteiger partial charge in [-0.1, -0.05) is 6.07 Å². The summed E-state index contributed by atoms with van der Waals surface area (Å²) in [5.41, 5.74) is 0.125. The summed E-state index contributed by atoms with van der Waals surface area (Å²) in [5.74, 6) is -2.82. The monoisotopic (exact) mass is 324 g/mol. The molecule has 0 spiro atoms. The van der Waals surface area contributed by atoms with Gasteiger partial charge in [-0.3, -0.25) is 9.59 Å². The molecule has 0 amide bonds. The summed E-state index contributed by atoms with van der Waals surface area (Å²) in [6.07, 6.45) is 0. The number of rotatable bonds is 7. The summed E-state index contributed by atoms with van der Waals surface area (Å²) < 4.78 is 20.1. The Morgan fingerprint density at radius 2 is 1.74 bits per heavy atom. The Bertz CT molecular complexity index is 607. The first-order valence-electron chi connectivity index (χ1n) is 6.93. The topological polar surface area (TPSA) is 88.1 Å². The van der Waals surface area contributed by atoms with Gasteiger partial charge in [-0.05, 0) is 25.5 Å². The van der Waals surface area contributed by atoms with Gasteiger partial charge in [-0.25, -0.2) is 4.79 Å². The number of hydrogen-bond donors (Lipinski definition) is 0. The van der Waals surface area contributed by atoms with E-state index in [0.29, 0.717) is 0 Å². The van der Waals surface area contributed by atoms with Gasteiger partial charge in [0.05, 0.1) is 27.9 Å². The third kappa shape index (κ3) is 3.80. The van der Waals surface area contributed by atoms with Gasteiger partial charge < -0.3 is 18.9 Å². The number of benzene rings is 1. The van der Waals surface area contributed by atoms with Crippen LogP contribution in [0.1, 0.15) is 35.7 Å². The van der Waals surface area contributed by atoms with Crippen molar-refractivity contribution in [2.45, 2.75) is 19.8 Å². The summed E-state index contributed by atoms with van der Waals surface area (Å²) >= 11 is 0. The molecule has 7 heteroatoms. The summed E-state index contributed by atoms with van der Waals surface area (Å²) in [5, 5.41) is 0. The van der Waals surface area contributed by atoms with E-state index >= 15 is 0 Å². The average molecular weight is 324 g/mol. The van der Waals surface area contributed by atoms with Crippen LogP contribution in [0.25, 0.3) is 0 Å². The van der Waals surface area contributed by atoms with Crippen LogP contribution in [0.15, 0.2) is 12.1 Å². The fraction of sp³-hybridized carbons (Fsp3) is 0.438. The van der Waals surface area contributed by atoms with Gasteiger partial charge in [0, 0.05) is 0 Å². The van der Waals surface area contributed by atoms with Gasteiger partial charge in [0.15, 0.2) is 11.5 Å². The first-order valence-corrected chi connectivity index (χ1v) is 6.93.